The molecule has 2 N–H and O–H groups in total. The zero-order chi connectivity index (χ0) is 10.4. The van der Waals surface area contributed by atoms with Crippen LogP contribution in [0.3, 0.4) is 0 Å². The van der Waals surface area contributed by atoms with Crippen LogP contribution in [0.2, 0.25) is 0 Å². The van der Waals surface area contributed by atoms with Gasteiger partial charge in [0.15, 0.2) is 0 Å². The van der Waals surface area contributed by atoms with Crippen molar-refractivity contribution in [3.63, 3.8) is 0 Å². The van der Waals surface area contributed by atoms with Crippen LogP contribution in [-0.4, -0.2) is 23.2 Å². The van der Waals surface area contributed by atoms with Gasteiger partial charge in [-0.1, -0.05) is 6.92 Å². The summed E-state index contributed by atoms with van der Waals surface area (Å²) in [5.41, 5.74) is 6.64. The van der Waals surface area contributed by atoms with Gasteiger partial charge in [-0.25, -0.2) is 9.97 Å². The number of nitrogens with two attached hydrogens (primary N) is 1. The highest BCUT2D eigenvalue weighted by atomic mass is 16.5. The zero-order valence-electron chi connectivity index (χ0n) is 8.79. The van der Waals surface area contributed by atoms with E-state index in [9.17, 15) is 0 Å². The molecule has 0 aliphatic carbocycles. The molecule has 1 heterocycles. The Bertz CT molecular complexity index is 289. The molecular formula is C10H17N3O. The molecule has 1 aromatic rings. The van der Waals surface area contributed by atoms with Gasteiger partial charge in [0.2, 0.25) is 0 Å². The lowest BCUT2D eigenvalue weighted by Crippen LogP contribution is -2.06. The van der Waals surface area contributed by atoms with Crippen molar-refractivity contribution in [3.05, 3.63) is 17.6 Å². The normalized spacial score (nSPS) is 10.4. The molecule has 0 saturated heterocycles. The number of rotatable bonds is 5. The van der Waals surface area contributed by atoms with Gasteiger partial charge in [-0.2, -0.15) is 0 Å². The summed E-state index contributed by atoms with van der Waals surface area (Å²) in [4.78, 5) is 8.49. The molecular weight excluding hydrogens is 178 g/mol. The molecule has 0 bridgehead atoms. The van der Waals surface area contributed by atoms with Gasteiger partial charge in [-0.3, -0.25) is 0 Å². The summed E-state index contributed by atoms with van der Waals surface area (Å²) in [6, 6.07) is 1.81. The number of aromatic nitrogens is 2. The van der Waals surface area contributed by atoms with Crippen LogP contribution in [0.25, 0.3) is 0 Å². The third-order valence-electron chi connectivity index (χ3n) is 1.88. The first kappa shape index (κ1) is 10.9. The second-order valence-electron chi connectivity index (χ2n) is 3.00. The first-order valence-electron chi connectivity index (χ1n) is 4.96. The SMILES string of the molecule is CCOCCc1nc(N)cc(CC)n1. The summed E-state index contributed by atoms with van der Waals surface area (Å²) in [5, 5.41) is 0. The van der Waals surface area contributed by atoms with E-state index in [1.807, 2.05) is 19.9 Å². The van der Waals surface area contributed by atoms with E-state index in [0.29, 0.717) is 12.4 Å². The number of ether oxygens (including phenoxy) is 1. The molecule has 78 valence electrons. The van der Waals surface area contributed by atoms with E-state index in [-0.39, 0.29) is 0 Å². The molecule has 4 nitrogen and oxygen atoms in total. The topological polar surface area (TPSA) is 61.0 Å². The number of nitrogen functional groups attached to an aromatic ring is 1. The lowest BCUT2D eigenvalue weighted by Gasteiger charge is -2.04. The Morgan fingerprint density at radius 3 is 2.79 bits per heavy atom. The Morgan fingerprint density at radius 2 is 2.14 bits per heavy atom. The van der Waals surface area contributed by atoms with Gasteiger partial charge in [0.05, 0.1) is 6.61 Å². The third kappa shape index (κ3) is 3.30. The van der Waals surface area contributed by atoms with E-state index in [0.717, 1.165) is 31.0 Å². The molecule has 0 saturated carbocycles. The van der Waals surface area contributed by atoms with Crippen LogP contribution in [0.1, 0.15) is 25.4 Å². The average Bonchev–Trinajstić information content (AvgIpc) is 2.17. The molecule has 0 aliphatic rings. The Labute approximate surface area is 84.5 Å². The molecule has 4 heteroatoms. The van der Waals surface area contributed by atoms with E-state index >= 15 is 0 Å². The minimum Gasteiger partial charge on any atom is -0.384 e. The van der Waals surface area contributed by atoms with Gasteiger partial charge in [-0.15, -0.1) is 0 Å². The summed E-state index contributed by atoms with van der Waals surface area (Å²) in [7, 11) is 0. The second-order valence-corrected chi connectivity index (χ2v) is 3.00. The van der Waals surface area contributed by atoms with Crippen molar-refractivity contribution in [1.29, 1.82) is 0 Å². The Balaban J connectivity index is 2.62. The van der Waals surface area contributed by atoms with Crippen LogP contribution >= 0.6 is 0 Å². The molecule has 0 spiro atoms. The molecule has 0 unspecified atom stereocenters. The molecule has 1 rings (SSSR count). The average molecular weight is 195 g/mol. The number of hydrogen-bond donors (Lipinski definition) is 1. The number of aryl methyl sites for hydroxylation is 1. The molecule has 0 atom stereocenters. The Kier molecular flexibility index (Phi) is 4.32. The molecule has 0 amide bonds. The maximum absolute atomic E-state index is 5.65. The molecule has 0 radical (unpaired) electrons. The largest absolute Gasteiger partial charge is 0.384 e. The summed E-state index contributed by atoms with van der Waals surface area (Å²) in [5.74, 6) is 1.32. The van der Waals surface area contributed by atoms with Gasteiger partial charge in [0.1, 0.15) is 11.6 Å². The van der Waals surface area contributed by atoms with E-state index in [1.54, 1.807) is 0 Å². The standard InChI is InChI=1S/C10H17N3O/c1-3-8-7-9(11)13-10(12-8)5-6-14-4-2/h7H,3-6H2,1-2H3,(H2,11,12,13). The predicted molar refractivity (Wildman–Crippen MR) is 56.0 cm³/mol. The summed E-state index contributed by atoms with van der Waals surface area (Å²) >= 11 is 0. The van der Waals surface area contributed by atoms with Crippen molar-refractivity contribution in [2.24, 2.45) is 0 Å². The summed E-state index contributed by atoms with van der Waals surface area (Å²) in [6.45, 7) is 5.40. The fourth-order valence-corrected chi connectivity index (χ4v) is 1.18. The predicted octanol–water partition coefficient (Wildman–Crippen LogP) is 1.20. The summed E-state index contributed by atoms with van der Waals surface area (Å²) in [6.07, 6.45) is 1.61. The van der Waals surface area contributed by atoms with E-state index < -0.39 is 0 Å². The van der Waals surface area contributed by atoms with Crippen LogP contribution in [0.5, 0.6) is 0 Å². The van der Waals surface area contributed by atoms with Crippen molar-refractivity contribution in [2.45, 2.75) is 26.7 Å². The van der Waals surface area contributed by atoms with Gasteiger partial charge in [0, 0.05) is 24.8 Å². The monoisotopic (exact) mass is 195 g/mol. The smallest absolute Gasteiger partial charge is 0.133 e. The molecule has 0 aliphatic heterocycles. The Hall–Kier alpha value is -1.16. The fourth-order valence-electron chi connectivity index (χ4n) is 1.18. The van der Waals surface area contributed by atoms with Crippen molar-refractivity contribution in [1.82, 2.24) is 9.97 Å². The highest BCUT2D eigenvalue weighted by molar-refractivity contribution is 5.29. The van der Waals surface area contributed by atoms with Gasteiger partial charge in [-0.05, 0) is 13.3 Å². The van der Waals surface area contributed by atoms with E-state index in [1.165, 1.54) is 0 Å². The Morgan fingerprint density at radius 1 is 1.36 bits per heavy atom. The highest BCUT2D eigenvalue weighted by Gasteiger charge is 2.01. The van der Waals surface area contributed by atoms with Gasteiger partial charge >= 0.3 is 0 Å². The second kappa shape index (κ2) is 5.54. The lowest BCUT2D eigenvalue weighted by atomic mass is 10.3. The van der Waals surface area contributed by atoms with Crippen molar-refractivity contribution < 1.29 is 4.74 Å². The number of hydrogen-bond acceptors (Lipinski definition) is 4. The molecule has 0 fully saturated rings. The molecule has 14 heavy (non-hydrogen) atoms. The van der Waals surface area contributed by atoms with Crippen molar-refractivity contribution in [2.75, 3.05) is 18.9 Å². The van der Waals surface area contributed by atoms with Crippen molar-refractivity contribution >= 4 is 5.82 Å². The minimum atomic E-state index is 0.545. The lowest BCUT2D eigenvalue weighted by molar-refractivity contribution is 0.149. The van der Waals surface area contributed by atoms with Crippen molar-refractivity contribution in [3.8, 4) is 0 Å². The first-order chi connectivity index (χ1) is 6.76. The van der Waals surface area contributed by atoms with Crippen LogP contribution in [0.15, 0.2) is 6.07 Å². The highest BCUT2D eigenvalue weighted by Crippen LogP contribution is 2.04. The van der Waals surface area contributed by atoms with Gasteiger partial charge < -0.3 is 10.5 Å². The van der Waals surface area contributed by atoms with Crippen LogP contribution in [-0.2, 0) is 17.6 Å². The first-order valence-corrected chi connectivity index (χ1v) is 4.96. The molecule has 0 aromatic carbocycles. The molecule has 1 aromatic heterocycles. The summed E-state index contributed by atoms with van der Waals surface area (Å²) < 4.78 is 5.23. The quantitative estimate of drug-likeness (QED) is 0.717. The van der Waals surface area contributed by atoms with Crippen LogP contribution < -0.4 is 5.73 Å². The van der Waals surface area contributed by atoms with Crippen LogP contribution in [0, 0.1) is 0 Å². The number of nitrogens with zero attached hydrogens (tertiary/aromatic N) is 2. The van der Waals surface area contributed by atoms with Crippen LogP contribution in [0.4, 0.5) is 5.82 Å². The number of anilines is 1. The van der Waals surface area contributed by atoms with E-state index in [4.69, 9.17) is 10.5 Å². The van der Waals surface area contributed by atoms with E-state index in [2.05, 4.69) is 9.97 Å². The fraction of sp³-hybridized carbons (Fsp3) is 0.600. The minimum absolute atomic E-state index is 0.545. The maximum Gasteiger partial charge on any atom is 0.133 e. The maximum atomic E-state index is 5.65. The third-order valence-corrected chi connectivity index (χ3v) is 1.88. The zero-order valence-corrected chi connectivity index (χ0v) is 8.79. The van der Waals surface area contributed by atoms with Gasteiger partial charge in [0.25, 0.3) is 0 Å².